The Hall–Kier alpha value is -1.94. The molecule has 0 aliphatic rings. The predicted octanol–water partition coefficient (Wildman–Crippen LogP) is 1.25. The zero-order valence-corrected chi connectivity index (χ0v) is 12.6. The Bertz CT molecular complexity index is 865. The molecule has 0 radical (unpaired) electrons. The highest BCUT2D eigenvalue weighted by Gasteiger charge is 2.24. The van der Waals surface area contributed by atoms with E-state index in [2.05, 4.69) is 41.2 Å². The molecular formula is C10H9BrN6O2S. The second-order valence-electron chi connectivity index (χ2n) is 4.05. The van der Waals surface area contributed by atoms with Gasteiger partial charge in [0.15, 0.2) is 4.60 Å². The first-order chi connectivity index (χ1) is 9.49. The van der Waals surface area contributed by atoms with Gasteiger partial charge in [0.05, 0.1) is 17.4 Å². The first kappa shape index (κ1) is 13.1. The Labute approximate surface area is 122 Å². The van der Waals surface area contributed by atoms with E-state index in [1.54, 1.807) is 18.3 Å². The van der Waals surface area contributed by atoms with Gasteiger partial charge in [-0.05, 0) is 28.1 Å². The summed E-state index contributed by atoms with van der Waals surface area (Å²) >= 11 is 3.08. The van der Waals surface area contributed by atoms with Crippen LogP contribution in [0.4, 0.5) is 5.69 Å². The fourth-order valence-corrected chi connectivity index (χ4v) is 4.04. The summed E-state index contributed by atoms with van der Waals surface area (Å²) in [5, 5.41) is 14.6. The van der Waals surface area contributed by atoms with E-state index in [0.29, 0.717) is 11.1 Å². The smallest absolute Gasteiger partial charge is 0.278 e. The van der Waals surface area contributed by atoms with Crippen LogP contribution >= 0.6 is 15.9 Å². The van der Waals surface area contributed by atoms with Gasteiger partial charge in [-0.2, -0.15) is 13.5 Å². The molecule has 104 valence electrons. The summed E-state index contributed by atoms with van der Waals surface area (Å²) < 4.78 is 28.6. The van der Waals surface area contributed by atoms with Crippen LogP contribution in [0.1, 0.15) is 0 Å². The number of benzene rings is 1. The number of H-pyrrole nitrogens is 1. The third kappa shape index (κ3) is 2.06. The SMILES string of the molecule is Cn1nnc(Br)c1S(=O)(=O)Nc1cccc2[nH]ncc12. The van der Waals surface area contributed by atoms with Crippen LogP contribution in [0, 0.1) is 0 Å². The maximum absolute atomic E-state index is 12.4. The van der Waals surface area contributed by atoms with E-state index in [4.69, 9.17) is 0 Å². The zero-order valence-electron chi connectivity index (χ0n) is 10.2. The van der Waals surface area contributed by atoms with E-state index in [0.717, 1.165) is 5.52 Å². The molecule has 0 atom stereocenters. The summed E-state index contributed by atoms with van der Waals surface area (Å²) in [6.45, 7) is 0. The molecule has 0 fully saturated rings. The molecule has 2 heterocycles. The van der Waals surface area contributed by atoms with Crippen LogP contribution in [0.5, 0.6) is 0 Å². The number of rotatable bonds is 3. The van der Waals surface area contributed by atoms with Crippen molar-refractivity contribution in [3.63, 3.8) is 0 Å². The van der Waals surface area contributed by atoms with Crippen LogP contribution in [-0.4, -0.2) is 33.6 Å². The summed E-state index contributed by atoms with van der Waals surface area (Å²) in [6, 6.07) is 5.20. The Morgan fingerprint density at radius 1 is 1.40 bits per heavy atom. The topological polar surface area (TPSA) is 106 Å². The van der Waals surface area contributed by atoms with Gasteiger partial charge in [0.1, 0.15) is 0 Å². The molecule has 0 aliphatic carbocycles. The maximum atomic E-state index is 12.4. The van der Waals surface area contributed by atoms with E-state index in [-0.39, 0.29) is 9.63 Å². The third-order valence-electron chi connectivity index (χ3n) is 2.72. The van der Waals surface area contributed by atoms with Crippen LogP contribution in [-0.2, 0) is 17.1 Å². The van der Waals surface area contributed by atoms with Gasteiger partial charge in [-0.25, -0.2) is 4.68 Å². The monoisotopic (exact) mass is 356 g/mol. The highest BCUT2D eigenvalue weighted by molar-refractivity contribution is 9.10. The molecule has 0 unspecified atom stereocenters. The standard InChI is InChI=1S/C10H9BrN6O2S/c1-17-10(9(11)14-16-17)20(18,19)15-8-4-2-3-7-6(8)5-12-13-7/h2-5,15H,1H3,(H,12,13). The quantitative estimate of drug-likeness (QED) is 0.734. The molecule has 0 spiro atoms. The van der Waals surface area contributed by atoms with Crippen LogP contribution in [0.15, 0.2) is 34.0 Å². The fraction of sp³-hybridized carbons (Fsp3) is 0.100. The van der Waals surface area contributed by atoms with E-state index in [9.17, 15) is 8.42 Å². The van der Waals surface area contributed by atoms with Gasteiger partial charge in [0.25, 0.3) is 10.0 Å². The van der Waals surface area contributed by atoms with Crippen LogP contribution < -0.4 is 4.72 Å². The lowest BCUT2D eigenvalue weighted by atomic mass is 10.2. The first-order valence-electron chi connectivity index (χ1n) is 5.49. The second-order valence-corrected chi connectivity index (χ2v) is 6.40. The first-order valence-corrected chi connectivity index (χ1v) is 7.77. The van der Waals surface area contributed by atoms with Crippen molar-refractivity contribution in [3.8, 4) is 0 Å². The summed E-state index contributed by atoms with van der Waals surface area (Å²) in [5.41, 5.74) is 1.18. The summed E-state index contributed by atoms with van der Waals surface area (Å²) in [7, 11) is -2.30. The number of halogens is 1. The van der Waals surface area contributed by atoms with Gasteiger partial charge in [-0.1, -0.05) is 11.3 Å². The molecule has 20 heavy (non-hydrogen) atoms. The van der Waals surface area contributed by atoms with Crippen molar-refractivity contribution in [2.75, 3.05) is 4.72 Å². The lowest BCUT2D eigenvalue weighted by Gasteiger charge is -2.08. The zero-order chi connectivity index (χ0) is 14.3. The normalized spacial score (nSPS) is 11.9. The average molecular weight is 357 g/mol. The molecule has 1 aromatic carbocycles. The van der Waals surface area contributed by atoms with Crippen molar-refractivity contribution < 1.29 is 8.42 Å². The molecule has 3 rings (SSSR count). The molecule has 0 saturated heterocycles. The van der Waals surface area contributed by atoms with Crippen molar-refractivity contribution >= 4 is 42.5 Å². The van der Waals surface area contributed by atoms with Gasteiger partial charge in [-0.3, -0.25) is 9.82 Å². The molecular weight excluding hydrogens is 348 g/mol. The summed E-state index contributed by atoms with van der Waals surface area (Å²) in [4.78, 5) is 0. The Morgan fingerprint density at radius 3 is 2.90 bits per heavy atom. The lowest BCUT2D eigenvalue weighted by Crippen LogP contribution is -2.17. The maximum Gasteiger partial charge on any atom is 0.281 e. The molecule has 0 bridgehead atoms. The van der Waals surface area contributed by atoms with Gasteiger partial charge in [-0.15, -0.1) is 5.10 Å². The summed E-state index contributed by atoms with van der Waals surface area (Å²) in [6.07, 6.45) is 1.56. The number of aromatic nitrogens is 5. The summed E-state index contributed by atoms with van der Waals surface area (Å²) in [5.74, 6) is 0. The minimum Gasteiger partial charge on any atom is -0.278 e. The number of anilines is 1. The fourth-order valence-electron chi connectivity index (χ4n) is 1.86. The van der Waals surface area contributed by atoms with Crippen LogP contribution in [0.2, 0.25) is 0 Å². The predicted molar refractivity (Wildman–Crippen MR) is 75.6 cm³/mol. The van der Waals surface area contributed by atoms with Gasteiger partial charge in [0.2, 0.25) is 5.03 Å². The van der Waals surface area contributed by atoms with Crippen molar-refractivity contribution in [3.05, 3.63) is 29.0 Å². The Balaban J connectivity index is 2.09. The second kappa shape index (κ2) is 4.56. The third-order valence-corrected chi connectivity index (χ3v) is 4.97. The van der Waals surface area contributed by atoms with Crippen molar-refractivity contribution in [2.45, 2.75) is 5.03 Å². The van der Waals surface area contributed by atoms with Crippen LogP contribution in [0.3, 0.4) is 0 Å². The number of aromatic amines is 1. The van der Waals surface area contributed by atoms with Crippen LogP contribution in [0.25, 0.3) is 10.9 Å². The average Bonchev–Trinajstić information content (AvgIpc) is 2.96. The molecule has 8 nitrogen and oxygen atoms in total. The van der Waals surface area contributed by atoms with Crippen molar-refractivity contribution in [2.24, 2.45) is 7.05 Å². The lowest BCUT2D eigenvalue weighted by molar-refractivity contribution is 0.578. The number of hydrogen-bond acceptors (Lipinski definition) is 5. The minimum atomic E-state index is -3.80. The van der Waals surface area contributed by atoms with E-state index >= 15 is 0 Å². The molecule has 2 aromatic heterocycles. The molecule has 10 heteroatoms. The Morgan fingerprint density at radius 2 is 2.20 bits per heavy atom. The van der Waals surface area contributed by atoms with Gasteiger partial charge in [0, 0.05) is 12.4 Å². The number of hydrogen-bond donors (Lipinski definition) is 2. The highest BCUT2D eigenvalue weighted by atomic mass is 79.9. The largest absolute Gasteiger partial charge is 0.281 e. The number of sulfonamides is 1. The number of nitrogens with zero attached hydrogens (tertiary/aromatic N) is 4. The van der Waals surface area contributed by atoms with Crippen molar-refractivity contribution in [1.82, 2.24) is 25.2 Å². The van der Waals surface area contributed by atoms with E-state index < -0.39 is 10.0 Å². The number of fused-ring (bicyclic) bond motifs is 1. The van der Waals surface area contributed by atoms with E-state index in [1.807, 2.05) is 6.07 Å². The molecule has 2 N–H and O–H groups in total. The highest BCUT2D eigenvalue weighted by Crippen LogP contribution is 2.26. The van der Waals surface area contributed by atoms with Gasteiger partial charge < -0.3 is 0 Å². The Kier molecular flexibility index (Phi) is 2.98. The van der Waals surface area contributed by atoms with Gasteiger partial charge >= 0.3 is 0 Å². The molecule has 0 amide bonds. The minimum absolute atomic E-state index is 0.0435. The number of nitrogens with one attached hydrogen (secondary N) is 2. The van der Waals surface area contributed by atoms with E-state index in [1.165, 1.54) is 11.7 Å². The van der Waals surface area contributed by atoms with Crippen molar-refractivity contribution in [1.29, 1.82) is 0 Å². The number of aryl methyl sites for hydroxylation is 1. The molecule has 3 aromatic rings. The molecule has 0 aliphatic heterocycles. The molecule has 0 saturated carbocycles.